The summed E-state index contributed by atoms with van der Waals surface area (Å²) in [6.07, 6.45) is 3.38. The average Bonchev–Trinajstić information content (AvgIpc) is 2.57. The summed E-state index contributed by atoms with van der Waals surface area (Å²) in [5.74, 6) is 0.934. The lowest BCUT2D eigenvalue weighted by atomic mass is 9.88. The van der Waals surface area contributed by atoms with Crippen LogP contribution in [-0.4, -0.2) is 18.6 Å². The molecule has 2 aromatic rings. The molecule has 1 unspecified atom stereocenters. The average molecular weight is 323 g/mol. The van der Waals surface area contributed by atoms with Gasteiger partial charge in [-0.15, -0.1) is 0 Å². The molecule has 0 bridgehead atoms. The second-order valence-corrected chi connectivity index (χ2v) is 6.64. The van der Waals surface area contributed by atoms with E-state index in [1.807, 2.05) is 19.1 Å². The van der Waals surface area contributed by atoms with Crippen LogP contribution in [0, 0.1) is 13.8 Å². The molecule has 3 heteroatoms. The van der Waals surface area contributed by atoms with E-state index in [2.05, 4.69) is 42.6 Å². The Labute approximate surface area is 144 Å². The molecule has 0 saturated heterocycles. The maximum Gasteiger partial charge on any atom is 0.223 e. The van der Waals surface area contributed by atoms with Crippen LogP contribution >= 0.6 is 0 Å². The van der Waals surface area contributed by atoms with Crippen molar-refractivity contribution in [2.45, 2.75) is 45.6 Å². The van der Waals surface area contributed by atoms with Gasteiger partial charge in [0.2, 0.25) is 5.91 Å². The first-order valence-electron chi connectivity index (χ1n) is 8.68. The molecule has 126 valence electrons. The Kier molecular flexibility index (Phi) is 5.19. The maximum absolute atomic E-state index is 12.2. The number of benzene rings is 2. The van der Waals surface area contributed by atoms with E-state index < -0.39 is 0 Å². The molecular formula is C21H25NO2. The molecule has 3 rings (SSSR count). The van der Waals surface area contributed by atoms with Crippen LogP contribution < -0.4 is 10.1 Å². The van der Waals surface area contributed by atoms with Crippen molar-refractivity contribution in [1.29, 1.82) is 0 Å². The van der Waals surface area contributed by atoms with E-state index in [1.54, 1.807) is 0 Å². The van der Waals surface area contributed by atoms with Crippen molar-refractivity contribution in [3.05, 3.63) is 64.7 Å². The Balaban J connectivity index is 1.45. The fraction of sp³-hybridized carbons (Fsp3) is 0.381. The SMILES string of the molecule is Cc1ccc(OCCC(=O)NC2CCc3ccccc3C2)c(C)c1. The Hall–Kier alpha value is -2.29. The van der Waals surface area contributed by atoms with Gasteiger partial charge in [-0.05, 0) is 55.9 Å². The van der Waals surface area contributed by atoms with Gasteiger partial charge in [0.05, 0.1) is 13.0 Å². The molecule has 2 aromatic carbocycles. The van der Waals surface area contributed by atoms with Crippen LogP contribution in [0.5, 0.6) is 5.75 Å². The molecule has 0 spiro atoms. The number of fused-ring (bicyclic) bond motifs is 1. The van der Waals surface area contributed by atoms with E-state index in [9.17, 15) is 4.79 Å². The lowest BCUT2D eigenvalue weighted by Gasteiger charge is -2.25. The molecule has 0 fully saturated rings. The third kappa shape index (κ3) is 4.16. The van der Waals surface area contributed by atoms with E-state index in [-0.39, 0.29) is 11.9 Å². The first kappa shape index (κ1) is 16.6. The Morgan fingerprint density at radius 3 is 2.75 bits per heavy atom. The fourth-order valence-corrected chi connectivity index (χ4v) is 3.34. The minimum atomic E-state index is 0.0733. The summed E-state index contributed by atoms with van der Waals surface area (Å²) in [7, 11) is 0. The summed E-state index contributed by atoms with van der Waals surface area (Å²) in [5.41, 5.74) is 5.11. The molecule has 0 saturated carbocycles. The number of nitrogens with one attached hydrogen (secondary N) is 1. The summed E-state index contributed by atoms with van der Waals surface area (Å²) >= 11 is 0. The number of ether oxygens (including phenoxy) is 1. The molecule has 24 heavy (non-hydrogen) atoms. The van der Waals surface area contributed by atoms with E-state index in [0.29, 0.717) is 13.0 Å². The molecule has 1 aliphatic carbocycles. The molecule has 3 nitrogen and oxygen atoms in total. The highest BCUT2D eigenvalue weighted by molar-refractivity contribution is 5.76. The highest BCUT2D eigenvalue weighted by Crippen LogP contribution is 2.21. The van der Waals surface area contributed by atoms with Crippen LogP contribution in [0.15, 0.2) is 42.5 Å². The standard InChI is InChI=1S/C21H25NO2/c1-15-7-10-20(16(2)13-15)24-12-11-21(23)22-19-9-8-17-5-3-4-6-18(17)14-19/h3-7,10,13,19H,8-9,11-12,14H2,1-2H3,(H,22,23). The molecule has 1 amide bonds. The smallest absolute Gasteiger partial charge is 0.223 e. The number of rotatable bonds is 5. The summed E-state index contributed by atoms with van der Waals surface area (Å²) < 4.78 is 5.75. The summed E-state index contributed by atoms with van der Waals surface area (Å²) in [6.45, 7) is 4.51. The van der Waals surface area contributed by atoms with Crippen molar-refractivity contribution in [3.8, 4) is 5.75 Å². The second-order valence-electron chi connectivity index (χ2n) is 6.64. The van der Waals surface area contributed by atoms with Crippen LogP contribution in [0.25, 0.3) is 0 Å². The van der Waals surface area contributed by atoms with E-state index in [0.717, 1.165) is 30.6 Å². The third-order valence-electron chi connectivity index (χ3n) is 4.63. The summed E-state index contributed by atoms with van der Waals surface area (Å²) in [6, 6.07) is 14.8. The van der Waals surface area contributed by atoms with Gasteiger partial charge in [-0.3, -0.25) is 4.79 Å². The van der Waals surface area contributed by atoms with Crippen LogP contribution in [0.1, 0.15) is 35.1 Å². The first-order chi connectivity index (χ1) is 11.6. The number of aryl methyl sites for hydroxylation is 3. The lowest BCUT2D eigenvalue weighted by molar-refractivity contribution is -0.122. The van der Waals surface area contributed by atoms with Crippen molar-refractivity contribution in [3.63, 3.8) is 0 Å². The predicted molar refractivity (Wildman–Crippen MR) is 96.4 cm³/mol. The van der Waals surface area contributed by atoms with Crippen LogP contribution in [0.3, 0.4) is 0 Å². The molecule has 1 atom stereocenters. The van der Waals surface area contributed by atoms with Gasteiger partial charge in [0.1, 0.15) is 5.75 Å². The monoisotopic (exact) mass is 323 g/mol. The zero-order chi connectivity index (χ0) is 16.9. The molecular weight excluding hydrogens is 298 g/mol. The maximum atomic E-state index is 12.2. The van der Waals surface area contributed by atoms with E-state index in [1.165, 1.54) is 16.7 Å². The van der Waals surface area contributed by atoms with Crippen molar-refractivity contribution in [1.82, 2.24) is 5.32 Å². The largest absolute Gasteiger partial charge is 0.493 e. The number of hydrogen-bond donors (Lipinski definition) is 1. The van der Waals surface area contributed by atoms with Crippen molar-refractivity contribution < 1.29 is 9.53 Å². The van der Waals surface area contributed by atoms with Crippen molar-refractivity contribution in [2.24, 2.45) is 0 Å². The van der Waals surface area contributed by atoms with Gasteiger partial charge in [0.15, 0.2) is 0 Å². The van der Waals surface area contributed by atoms with Crippen LogP contribution in [0.4, 0.5) is 0 Å². The number of carbonyl (C=O) groups excluding carboxylic acids is 1. The van der Waals surface area contributed by atoms with Crippen LogP contribution in [0.2, 0.25) is 0 Å². The number of hydrogen-bond acceptors (Lipinski definition) is 2. The Morgan fingerprint density at radius 2 is 1.96 bits per heavy atom. The van der Waals surface area contributed by atoms with Gasteiger partial charge in [-0.25, -0.2) is 0 Å². The number of carbonyl (C=O) groups is 1. The molecule has 0 aromatic heterocycles. The third-order valence-corrected chi connectivity index (χ3v) is 4.63. The van der Waals surface area contributed by atoms with E-state index in [4.69, 9.17) is 4.74 Å². The predicted octanol–water partition coefficient (Wildman–Crippen LogP) is 3.75. The summed E-state index contributed by atoms with van der Waals surface area (Å²) in [4.78, 5) is 12.2. The summed E-state index contributed by atoms with van der Waals surface area (Å²) in [5, 5.41) is 3.15. The highest BCUT2D eigenvalue weighted by Gasteiger charge is 2.19. The van der Waals surface area contributed by atoms with E-state index >= 15 is 0 Å². The minimum absolute atomic E-state index is 0.0733. The molecule has 0 aliphatic heterocycles. The fourth-order valence-electron chi connectivity index (χ4n) is 3.34. The van der Waals surface area contributed by atoms with Gasteiger partial charge in [0.25, 0.3) is 0 Å². The van der Waals surface area contributed by atoms with Gasteiger partial charge in [-0.2, -0.15) is 0 Å². The van der Waals surface area contributed by atoms with Crippen molar-refractivity contribution >= 4 is 5.91 Å². The number of amides is 1. The Morgan fingerprint density at radius 1 is 1.17 bits per heavy atom. The van der Waals surface area contributed by atoms with Crippen LogP contribution in [-0.2, 0) is 17.6 Å². The molecule has 1 N–H and O–H groups in total. The zero-order valence-corrected chi connectivity index (χ0v) is 14.5. The van der Waals surface area contributed by atoms with Gasteiger partial charge < -0.3 is 10.1 Å². The zero-order valence-electron chi connectivity index (χ0n) is 14.5. The Bertz CT molecular complexity index is 724. The molecule has 1 aliphatic rings. The van der Waals surface area contributed by atoms with Gasteiger partial charge >= 0.3 is 0 Å². The first-order valence-corrected chi connectivity index (χ1v) is 8.68. The minimum Gasteiger partial charge on any atom is -0.493 e. The lowest BCUT2D eigenvalue weighted by Crippen LogP contribution is -2.39. The topological polar surface area (TPSA) is 38.3 Å². The van der Waals surface area contributed by atoms with Gasteiger partial charge in [-0.1, -0.05) is 42.0 Å². The quantitative estimate of drug-likeness (QED) is 0.910. The van der Waals surface area contributed by atoms with Gasteiger partial charge in [0, 0.05) is 6.04 Å². The second kappa shape index (κ2) is 7.52. The molecule has 0 radical (unpaired) electrons. The highest BCUT2D eigenvalue weighted by atomic mass is 16.5. The normalized spacial score (nSPS) is 16.3. The molecule has 0 heterocycles. The van der Waals surface area contributed by atoms with Crippen molar-refractivity contribution in [2.75, 3.05) is 6.61 Å².